The van der Waals surface area contributed by atoms with E-state index < -0.39 is 0 Å². The molecule has 2 aromatic heterocycles. The highest BCUT2D eigenvalue weighted by Crippen LogP contribution is 2.40. The van der Waals surface area contributed by atoms with Crippen molar-refractivity contribution in [3.63, 3.8) is 0 Å². The van der Waals surface area contributed by atoms with E-state index in [0.717, 1.165) is 44.7 Å². The fourth-order valence-electron chi connectivity index (χ4n) is 4.83. The number of rotatable bonds is 6. The van der Waals surface area contributed by atoms with Gasteiger partial charge >= 0.3 is 0 Å². The second kappa shape index (κ2) is 9.35. The van der Waals surface area contributed by atoms with Gasteiger partial charge in [0.05, 0.1) is 41.8 Å². The highest BCUT2D eigenvalue weighted by atomic mass is 35.5. The second-order valence-corrected chi connectivity index (χ2v) is 9.60. The van der Waals surface area contributed by atoms with Crippen LogP contribution < -0.4 is 10.6 Å². The van der Waals surface area contributed by atoms with Gasteiger partial charge in [-0.1, -0.05) is 11.6 Å². The maximum Gasteiger partial charge on any atom is 0.247 e. The number of likely N-dealkylation sites (tertiary alicyclic amines) is 1. The Balaban J connectivity index is 1.45. The summed E-state index contributed by atoms with van der Waals surface area (Å²) in [5, 5.41) is 30.5. The second-order valence-electron chi connectivity index (χ2n) is 9.22. The molecule has 1 aromatic carbocycles. The molecular formula is C23H25BClN9O. The molecule has 0 aliphatic carbocycles. The first-order valence-corrected chi connectivity index (χ1v) is 12.1. The van der Waals surface area contributed by atoms with Crippen LogP contribution in [-0.2, 0) is 4.74 Å². The van der Waals surface area contributed by atoms with Crippen molar-refractivity contribution < 1.29 is 4.74 Å². The van der Waals surface area contributed by atoms with Gasteiger partial charge < -0.3 is 20.3 Å². The summed E-state index contributed by atoms with van der Waals surface area (Å²) in [6.45, 7) is 6.05. The zero-order valence-corrected chi connectivity index (χ0v) is 20.4. The molecule has 2 N–H and O–H groups in total. The molecule has 10 nitrogen and oxygen atoms in total. The molecule has 0 bridgehead atoms. The van der Waals surface area contributed by atoms with Crippen LogP contribution in [0.2, 0.25) is 5.02 Å². The van der Waals surface area contributed by atoms with E-state index in [9.17, 15) is 10.5 Å². The number of halogens is 1. The number of anilines is 3. The summed E-state index contributed by atoms with van der Waals surface area (Å²) in [7, 11) is 2.25. The van der Waals surface area contributed by atoms with Crippen LogP contribution in [0.25, 0.3) is 5.65 Å². The van der Waals surface area contributed by atoms with Crippen molar-refractivity contribution in [1.29, 1.82) is 10.5 Å². The minimum Gasteiger partial charge on any atom is -0.379 e. The van der Waals surface area contributed by atoms with Gasteiger partial charge in [-0.3, -0.25) is 0 Å². The number of benzene rings is 1. The first-order chi connectivity index (χ1) is 17.0. The van der Waals surface area contributed by atoms with Gasteiger partial charge in [-0.15, -0.1) is 5.10 Å². The molecule has 2 aliphatic heterocycles. The summed E-state index contributed by atoms with van der Waals surface area (Å²) < 4.78 is 6.88. The van der Waals surface area contributed by atoms with E-state index in [-0.39, 0.29) is 17.3 Å². The van der Waals surface area contributed by atoms with Crippen molar-refractivity contribution in [2.75, 3.05) is 43.5 Å². The standard InChI is InChI=1S/C23H25BClN9O/c1-2-28-20-21-29-11-16(10-27)34(21)32-22(31-20)30-18-8-14(9-26)7-17(19(18)25)15-3-5-33(6-4-15)23(24)12-35-13-23/h7-8,11,15H,2-6,12-13,24H2,1H3,(H2,28,30,31,32). The molecule has 178 valence electrons. The number of fused-ring (bicyclic) bond motifs is 1. The van der Waals surface area contributed by atoms with Crippen molar-refractivity contribution in [2.45, 2.75) is 31.1 Å². The lowest BCUT2D eigenvalue weighted by molar-refractivity contribution is -0.0983. The molecule has 35 heavy (non-hydrogen) atoms. The number of hydrogen-bond acceptors (Lipinski definition) is 9. The fourth-order valence-corrected chi connectivity index (χ4v) is 5.14. The summed E-state index contributed by atoms with van der Waals surface area (Å²) in [6, 6.07) is 7.93. The van der Waals surface area contributed by atoms with Crippen LogP contribution in [0.15, 0.2) is 18.3 Å². The number of piperidine rings is 1. The molecule has 2 fully saturated rings. The van der Waals surface area contributed by atoms with Gasteiger partial charge in [0.15, 0.2) is 17.2 Å². The Kier molecular flexibility index (Phi) is 6.24. The normalized spacial score (nSPS) is 17.9. The third kappa shape index (κ3) is 4.27. The third-order valence-electron chi connectivity index (χ3n) is 6.82. The monoisotopic (exact) mass is 489 g/mol. The zero-order chi connectivity index (χ0) is 24.6. The summed E-state index contributed by atoms with van der Waals surface area (Å²) in [5.74, 6) is 0.996. The van der Waals surface area contributed by atoms with E-state index in [2.05, 4.69) is 50.6 Å². The SMILES string of the molecule is BC1(N2CCC(c3cc(C#N)cc(Nc4nc(NCC)c5ncc(C#N)n5n4)c3Cl)CC2)COC1. The Hall–Kier alpha value is -3.38. The first-order valence-electron chi connectivity index (χ1n) is 11.7. The van der Waals surface area contributed by atoms with E-state index in [1.165, 1.54) is 10.7 Å². The van der Waals surface area contributed by atoms with Crippen LogP contribution in [0.1, 0.15) is 42.5 Å². The average molecular weight is 490 g/mol. The molecule has 0 radical (unpaired) electrons. The molecule has 0 unspecified atom stereocenters. The summed E-state index contributed by atoms with van der Waals surface area (Å²) in [4.78, 5) is 11.3. The van der Waals surface area contributed by atoms with E-state index in [0.29, 0.717) is 40.0 Å². The Morgan fingerprint density at radius 3 is 2.66 bits per heavy atom. The average Bonchev–Trinajstić information content (AvgIpc) is 3.27. The lowest BCUT2D eigenvalue weighted by Gasteiger charge is -2.50. The van der Waals surface area contributed by atoms with Crippen LogP contribution in [0.4, 0.5) is 17.5 Å². The minimum atomic E-state index is 0.131. The summed E-state index contributed by atoms with van der Waals surface area (Å²) in [6.07, 6.45) is 3.37. The molecule has 0 spiro atoms. The predicted octanol–water partition coefficient (Wildman–Crippen LogP) is 2.24. The molecule has 5 rings (SSSR count). The maximum atomic E-state index is 9.69. The highest BCUT2D eigenvalue weighted by Gasteiger charge is 2.41. The van der Waals surface area contributed by atoms with E-state index in [4.69, 9.17) is 16.3 Å². The van der Waals surface area contributed by atoms with Gasteiger partial charge in [-0.2, -0.15) is 20.0 Å². The van der Waals surface area contributed by atoms with Gasteiger partial charge in [0.2, 0.25) is 5.95 Å². The van der Waals surface area contributed by atoms with E-state index in [1.807, 2.05) is 13.0 Å². The van der Waals surface area contributed by atoms with Gasteiger partial charge in [0.25, 0.3) is 0 Å². The lowest BCUT2D eigenvalue weighted by atomic mass is 9.72. The molecular weight excluding hydrogens is 465 g/mol. The fraction of sp³-hybridized carbons (Fsp3) is 0.435. The summed E-state index contributed by atoms with van der Waals surface area (Å²) in [5.41, 5.74) is 2.91. The first kappa shape index (κ1) is 23.4. The van der Waals surface area contributed by atoms with Crippen molar-refractivity contribution in [3.8, 4) is 12.1 Å². The zero-order valence-electron chi connectivity index (χ0n) is 19.7. The Morgan fingerprint density at radius 2 is 2.03 bits per heavy atom. The van der Waals surface area contributed by atoms with Crippen LogP contribution >= 0.6 is 11.6 Å². The predicted molar refractivity (Wildman–Crippen MR) is 135 cm³/mol. The number of ether oxygens (including phenoxy) is 1. The van der Waals surface area contributed by atoms with Gasteiger partial charge in [-0.25, -0.2) is 4.98 Å². The molecule has 4 heterocycles. The van der Waals surface area contributed by atoms with Crippen molar-refractivity contribution in [3.05, 3.63) is 40.2 Å². The lowest BCUT2D eigenvalue weighted by Crippen LogP contribution is -2.64. The molecule has 0 atom stereocenters. The summed E-state index contributed by atoms with van der Waals surface area (Å²) >= 11 is 6.89. The molecule has 3 aromatic rings. The van der Waals surface area contributed by atoms with Crippen LogP contribution in [0.5, 0.6) is 0 Å². The van der Waals surface area contributed by atoms with Gasteiger partial charge in [0.1, 0.15) is 13.9 Å². The van der Waals surface area contributed by atoms with Gasteiger partial charge in [0, 0.05) is 12.0 Å². The van der Waals surface area contributed by atoms with E-state index in [1.54, 1.807) is 6.07 Å². The Labute approximate surface area is 209 Å². The smallest absolute Gasteiger partial charge is 0.247 e. The largest absolute Gasteiger partial charge is 0.379 e. The van der Waals surface area contributed by atoms with Crippen LogP contribution in [0, 0.1) is 22.7 Å². The molecule has 12 heteroatoms. The van der Waals surface area contributed by atoms with Crippen molar-refractivity contribution in [1.82, 2.24) is 24.5 Å². The van der Waals surface area contributed by atoms with Crippen LogP contribution in [-0.4, -0.2) is 70.6 Å². The Morgan fingerprint density at radius 1 is 1.26 bits per heavy atom. The number of nitriles is 2. The number of hydrogen-bond donors (Lipinski definition) is 2. The third-order valence-corrected chi connectivity index (χ3v) is 7.24. The van der Waals surface area contributed by atoms with E-state index >= 15 is 0 Å². The molecule has 2 aliphatic rings. The molecule has 0 amide bonds. The highest BCUT2D eigenvalue weighted by molar-refractivity contribution is 6.34. The topological polar surface area (TPSA) is 127 Å². The van der Waals surface area contributed by atoms with Crippen molar-refractivity contribution in [2.24, 2.45) is 0 Å². The maximum absolute atomic E-state index is 9.69. The number of imidazole rings is 1. The number of aromatic nitrogens is 4. The molecule has 2 saturated heterocycles. The quantitative estimate of drug-likeness (QED) is 0.501. The molecule has 0 saturated carbocycles. The number of nitrogens with zero attached hydrogens (tertiary/aromatic N) is 7. The number of nitrogens with one attached hydrogen (secondary N) is 2. The van der Waals surface area contributed by atoms with Gasteiger partial charge in [-0.05, 0) is 56.5 Å². The van der Waals surface area contributed by atoms with Crippen molar-refractivity contribution >= 4 is 42.5 Å². The minimum absolute atomic E-state index is 0.131. The Bertz CT molecular complexity index is 1350. The van der Waals surface area contributed by atoms with Crippen LogP contribution in [0.3, 0.4) is 0 Å².